The number of rotatable bonds is 6. The van der Waals surface area contributed by atoms with Crippen molar-refractivity contribution in [1.29, 1.82) is 0 Å². The van der Waals surface area contributed by atoms with E-state index in [4.69, 9.17) is 39.0 Å². The first kappa shape index (κ1) is 21.4. The number of halogens is 1. The second-order valence-corrected chi connectivity index (χ2v) is 2.73. The van der Waals surface area contributed by atoms with E-state index in [2.05, 4.69) is 5.32 Å². The molecule has 0 aromatic rings. The van der Waals surface area contributed by atoms with E-state index in [1.165, 1.54) is 0 Å². The van der Waals surface area contributed by atoms with Crippen molar-refractivity contribution in [3.63, 3.8) is 0 Å². The maximum atomic E-state index is 9.77. The SMILES string of the molecule is NCCN.NCCNCC(=O)O.O=C(O)CCl. The van der Waals surface area contributed by atoms with Crippen molar-refractivity contribution in [3.05, 3.63) is 0 Å². The Bertz CT molecular complexity index is 181. The van der Waals surface area contributed by atoms with Gasteiger partial charge in [-0.25, -0.2) is 0 Å². The van der Waals surface area contributed by atoms with Crippen LogP contribution in [0.25, 0.3) is 0 Å². The molecule has 0 aromatic carbocycles. The predicted molar refractivity (Wildman–Crippen MR) is 66.0 cm³/mol. The van der Waals surface area contributed by atoms with E-state index in [0.29, 0.717) is 26.2 Å². The van der Waals surface area contributed by atoms with Gasteiger partial charge in [-0.1, -0.05) is 0 Å². The maximum absolute atomic E-state index is 9.77. The molecule has 0 spiro atoms. The standard InChI is InChI=1S/C4H10N2O2.C2H3ClO2.C2H8N2/c5-1-2-6-3-4(7)8;3-1-2(4)5;3-1-2-4/h6H,1-3,5H2,(H,7,8);1H2,(H,4,5);1-4H2. The lowest BCUT2D eigenvalue weighted by molar-refractivity contribution is -0.136. The summed E-state index contributed by atoms with van der Waals surface area (Å²) in [4.78, 5) is 19.0. The summed E-state index contributed by atoms with van der Waals surface area (Å²) in [5, 5.41) is 18.2. The lowest BCUT2D eigenvalue weighted by Crippen LogP contribution is -2.27. The van der Waals surface area contributed by atoms with Crippen molar-refractivity contribution < 1.29 is 19.8 Å². The van der Waals surface area contributed by atoms with Crippen molar-refractivity contribution in [3.8, 4) is 0 Å². The second kappa shape index (κ2) is 20.5. The van der Waals surface area contributed by atoms with Gasteiger partial charge in [0, 0.05) is 26.2 Å². The second-order valence-electron chi connectivity index (χ2n) is 2.46. The predicted octanol–water partition coefficient (Wildman–Crippen LogP) is -2.17. The molecule has 0 saturated heterocycles. The third kappa shape index (κ3) is 51.5. The normalized spacial score (nSPS) is 8.24. The number of nitrogens with one attached hydrogen (secondary N) is 1. The first-order valence-corrected chi connectivity index (χ1v) is 5.30. The Balaban J connectivity index is -0.000000188. The van der Waals surface area contributed by atoms with Crippen LogP contribution in [0.15, 0.2) is 0 Å². The smallest absolute Gasteiger partial charge is 0.318 e. The van der Waals surface area contributed by atoms with E-state index >= 15 is 0 Å². The molecule has 0 aliphatic carbocycles. The average molecular weight is 273 g/mol. The van der Waals surface area contributed by atoms with Crippen LogP contribution >= 0.6 is 11.6 Å². The van der Waals surface area contributed by atoms with Crippen LogP contribution in [0.1, 0.15) is 0 Å². The molecule has 0 fully saturated rings. The molecular weight excluding hydrogens is 252 g/mol. The van der Waals surface area contributed by atoms with Crippen molar-refractivity contribution >= 4 is 23.5 Å². The third-order valence-corrected chi connectivity index (χ3v) is 1.11. The molecule has 0 heterocycles. The topological polar surface area (TPSA) is 165 Å². The summed E-state index contributed by atoms with van der Waals surface area (Å²) in [5.74, 6) is -2.13. The quantitative estimate of drug-likeness (QED) is 0.235. The van der Waals surface area contributed by atoms with Crippen LogP contribution in [0.4, 0.5) is 0 Å². The first-order chi connectivity index (χ1) is 7.95. The van der Waals surface area contributed by atoms with Crippen LogP contribution in [0, 0.1) is 0 Å². The van der Waals surface area contributed by atoms with Gasteiger partial charge in [0.15, 0.2) is 0 Å². The molecule has 0 saturated carbocycles. The number of carboxylic acid groups (broad SMARTS) is 2. The summed E-state index contributed by atoms with van der Waals surface area (Å²) in [7, 11) is 0. The van der Waals surface area contributed by atoms with Crippen molar-refractivity contribution in [2.24, 2.45) is 17.2 Å². The molecule has 0 atom stereocenters. The highest BCUT2D eigenvalue weighted by molar-refractivity contribution is 6.26. The number of hydrogen-bond acceptors (Lipinski definition) is 6. The zero-order valence-corrected chi connectivity index (χ0v) is 10.3. The molecule has 0 unspecified atom stereocenters. The van der Waals surface area contributed by atoms with Gasteiger partial charge in [-0.05, 0) is 0 Å². The Kier molecular flexibility index (Phi) is 25.7. The van der Waals surface area contributed by atoms with Crippen LogP contribution in [-0.4, -0.2) is 60.8 Å². The number of nitrogens with two attached hydrogens (primary N) is 3. The van der Waals surface area contributed by atoms with Crippen molar-refractivity contribution in [2.75, 3.05) is 38.6 Å². The number of hydrogen-bond donors (Lipinski definition) is 6. The largest absolute Gasteiger partial charge is 0.480 e. The highest BCUT2D eigenvalue weighted by atomic mass is 35.5. The summed E-state index contributed by atoms with van der Waals surface area (Å²) >= 11 is 4.74. The molecule has 0 radical (unpaired) electrons. The zero-order valence-electron chi connectivity index (χ0n) is 9.56. The minimum absolute atomic E-state index is 0.00278. The molecule has 0 aliphatic rings. The van der Waals surface area contributed by atoms with Crippen LogP contribution in [0.3, 0.4) is 0 Å². The van der Waals surface area contributed by atoms with Crippen molar-refractivity contribution in [2.45, 2.75) is 0 Å². The van der Waals surface area contributed by atoms with Crippen molar-refractivity contribution in [1.82, 2.24) is 5.32 Å². The molecule has 8 nitrogen and oxygen atoms in total. The average Bonchev–Trinajstić information content (AvgIpc) is 2.30. The van der Waals surface area contributed by atoms with Gasteiger partial charge in [0.1, 0.15) is 5.88 Å². The van der Waals surface area contributed by atoms with Gasteiger partial charge in [0.05, 0.1) is 6.54 Å². The van der Waals surface area contributed by atoms with Crippen LogP contribution in [-0.2, 0) is 9.59 Å². The fourth-order valence-electron chi connectivity index (χ4n) is 0.297. The number of alkyl halides is 1. The van der Waals surface area contributed by atoms with Gasteiger partial charge in [-0.15, -0.1) is 11.6 Å². The summed E-state index contributed by atoms with van der Waals surface area (Å²) in [6, 6.07) is 0. The third-order valence-electron chi connectivity index (χ3n) is 0.878. The Morgan fingerprint density at radius 3 is 1.59 bits per heavy atom. The van der Waals surface area contributed by atoms with E-state index in [9.17, 15) is 9.59 Å². The van der Waals surface area contributed by atoms with Crippen LogP contribution in [0.5, 0.6) is 0 Å². The van der Waals surface area contributed by atoms with E-state index in [1.54, 1.807) is 0 Å². The fourth-order valence-corrected chi connectivity index (χ4v) is 0.297. The number of aliphatic carboxylic acids is 2. The van der Waals surface area contributed by atoms with Gasteiger partial charge >= 0.3 is 11.9 Å². The van der Waals surface area contributed by atoms with E-state index in [0.717, 1.165) is 0 Å². The van der Waals surface area contributed by atoms with E-state index in [1.807, 2.05) is 0 Å². The summed E-state index contributed by atoms with van der Waals surface area (Å²) in [6.45, 7) is 2.23. The maximum Gasteiger partial charge on any atom is 0.318 e. The first-order valence-electron chi connectivity index (χ1n) is 4.76. The summed E-state index contributed by atoms with van der Waals surface area (Å²) in [5.41, 5.74) is 14.9. The molecule has 17 heavy (non-hydrogen) atoms. The Morgan fingerprint density at radius 2 is 1.41 bits per heavy atom. The van der Waals surface area contributed by atoms with Crippen LogP contribution < -0.4 is 22.5 Å². The molecule has 0 rings (SSSR count). The molecule has 0 aromatic heterocycles. The van der Waals surface area contributed by atoms with Gasteiger partial charge in [0.25, 0.3) is 0 Å². The molecule has 104 valence electrons. The number of carbonyl (C=O) groups is 2. The summed E-state index contributed by atoms with van der Waals surface area (Å²) in [6.07, 6.45) is 0. The molecular formula is C8H21ClN4O4. The van der Waals surface area contributed by atoms with Gasteiger partial charge in [-0.2, -0.15) is 0 Å². The summed E-state index contributed by atoms with van der Waals surface area (Å²) < 4.78 is 0. The molecule has 9 N–H and O–H groups in total. The Labute approximate surface area is 105 Å². The minimum Gasteiger partial charge on any atom is -0.480 e. The number of carboxylic acids is 2. The lowest BCUT2D eigenvalue weighted by Gasteiger charge is -1.94. The monoisotopic (exact) mass is 272 g/mol. The highest BCUT2D eigenvalue weighted by Crippen LogP contribution is 1.67. The highest BCUT2D eigenvalue weighted by Gasteiger charge is 1.90. The molecule has 9 heteroatoms. The fraction of sp³-hybridized carbons (Fsp3) is 0.750. The Morgan fingerprint density at radius 1 is 1.00 bits per heavy atom. The van der Waals surface area contributed by atoms with E-state index in [-0.39, 0.29) is 12.4 Å². The molecule has 0 bridgehead atoms. The van der Waals surface area contributed by atoms with Gasteiger partial charge in [-0.3, -0.25) is 9.59 Å². The zero-order chi connectivity index (χ0) is 14.1. The van der Waals surface area contributed by atoms with Crippen LogP contribution in [0.2, 0.25) is 0 Å². The Hall–Kier alpha value is -0.930. The molecule has 0 aliphatic heterocycles. The lowest BCUT2D eigenvalue weighted by atomic mass is 10.6. The molecule has 0 amide bonds. The van der Waals surface area contributed by atoms with Gasteiger partial charge < -0.3 is 32.7 Å². The van der Waals surface area contributed by atoms with E-state index < -0.39 is 11.9 Å². The van der Waals surface area contributed by atoms with Gasteiger partial charge in [0.2, 0.25) is 0 Å². The minimum atomic E-state index is -0.980.